The lowest BCUT2D eigenvalue weighted by Gasteiger charge is -2.10. The Morgan fingerprint density at radius 1 is 1.40 bits per heavy atom. The molecule has 1 heterocycles. The third-order valence-corrected chi connectivity index (χ3v) is 5.01. The minimum absolute atomic E-state index is 0.211. The third kappa shape index (κ3) is 3.36. The molecule has 0 bridgehead atoms. The number of anilines is 1. The van der Waals surface area contributed by atoms with E-state index in [1.54, 1.807) is 11.3 Å². The van der Waals surface area contributed by atoms with Crippen molar-refractivity contribution in [3.63, 3.8) is 0 Å². The number of thiophene rings is 1. The van der Waals surface area contributed by atoms with Gasteiger partial charge in [0.25, 0.3) is 0 Å². The minimum atomic E-state index is -3.89. The first-order valence-corrected chi connectivity index (χ1v) is 8.39. The summed E-state index contributed by atoms with van der Waals surface area (Å²) in [6.45, 7) is 1.70. The van der Waals surface area contributed by atoms with Gasteiger partial charge in [0.15, 0.2) is 0 Å². The minimum Gasteiger partial charge on any atom is -0.399 e. The lowest BCUT2D eigenvalue weighted by Crippen LogP contribution is -2.27. The highest BCUT2D eigenvalue weighted by molar-refractivity contribution is 7.89. The Bertz CT molecular complexity index is 697. The predicted octanol–water partition coefficient (Wildman–Crippen LogP) is 2.30. The van der Waals surface area contributed by atoms with Crippen molar-refractivity contribution in [1.29, 1.82) is 0 Å². The monoisotopic (exact) mass is 314 g/mol. The Labute approximate surface area is 121 Å². The molecule has 0 spiro atoms. The zero-order chi connectivity index (χ0) is 14.8. The van der Waals surface area contributed by atoms with Crippen molar-refractivity contribution in [2.24, 2.45) is 0 Å². The first kappa shape index (κ1) is 15.0. The fourth-order valence-corrected chi connectivity index (χ4v) is 3.72. The summed E-state index contributed by atoms with van der Waals surface area (Å²) in [4.78, 5) is -0.402. The first-order chi connectivity index (χ1) is 9.40. The van der Waals surface area contributed by atoms with Gasteiger partial charge in [-0.05, 0) is 53.4 Å². The van der Waals surface area contributed by atoms with Gasteiger partial charge in [0.1, 0.15) is 10.7 Å². The van der Waals surface area contributed by atoms with Gasteiger partial charge in [-0.1, -0.05) is 0 Å². The first-order valence-electron chi connectivity index (χ1n) is 5.96. The number of hydrogen-bond acceptors (Lipinski definition) is 4. The number of sulfonamides is 1. The molecule has 0 unspecified atom stereocenters. The van der Waals surface area contributed by atoms with E-state index in [9.17, 15) is 12.8 Å². The number of nitrogen functional groups attached to an aromatic ring is 1. The van der Waals surface area contributed by atoms with Crippen LogP contribution in [0.25, 0.3) is 0 Å². The summed E-state index contributed by atoms with van der Waals surface area (Å²) in [6, 6.07) is 4.46. The molecule has 3 N–H and O–H groups in total. The molecule has 0 atom stereocenters. The Kier molecular flexibility index (Phi) is 4.42. The average molecular weight is 314 g/mol. The highest BCUT2D eigenvalue weighted by Gasteiger charge is 2.20. The Hall–Kier alpha value is -1.44. The second-order valence-corrected chi connectivity index (χ2v) is 6.94. The van der Waals surface area contributed by atoms with Crippen LogP contribution in [0.15, 0.2) is 33.9 Å². The average Bonchev–Trinajstić information content (AvgIpc) is 2.86. The molecule has 108 valence electrons. The summed E-state index contributed by atoms with van der Waals surface area (Å²) >= 11 is 1.55. The molecule has 0 aliphatic heterocycles. The lowest BCUT2D eigenvalue weighted by molar-refractivity contribution is 0.553. The second-order valence-electron chi connectivity index (χ2n) is 4.43. The van der Waals surface area contributed by atoms with Crippen LogP contribution >= 0.6 is 11.3 Å². The largest absolute Gasteiger partial charge is 0.399 e. The molecule has 7 heteroatoms. The third-order valence-electron chi connectivity index (χ3n) is 2.82. The van der Waals surface area contributed by atoms with Gasteiger partial charge in [-0.2, -0.15) is 11.3 Å². The maximum Gasteiger partial charge on any atom is 0.243 e. The van der Waals surface area contributed by atoms with Crippen LogP contribution in [0, 0.1) is 12.7 Å². The summed E-state index contributed by atoms with van der Waals surface area (Å²) in [7, 11) is -3.89. The molecule has 0 amide bonds. The number of aryl methyl sites for hydroxylation is 1. The van der Waals surface area contributed by atoms with Crippen molar-refractivity contribution in [2.45, 2.75) is 18.2 Å². The zero-order valence-corrected chi connectivity index (χ0v) is 12.5. The molecule has 2 rings (SSSR count). The van der Waals surface area contributed by atoms with E-state index in [1.807, 2.05) is 16.8 Å². The quantitative estimate of drug-likeness (QED) is 0.832. The van der Waals surface area contributed by atoms with Crippen LogP contribution in [0.2, 0.25) is 0 Å². The lowest BCUT2D eigenvalue weighted by atomic mass is 10.2. The summed E-state index contributed by atoms with van der Waals surface area (Å²) in [5.41, 5.74) is 7.05. The van der Waals surface area contributed by atoms with Crippen LogP contribution < -0.4 is 10.5 Å². The molecule has 4 nitrogen and oxygen atoms in total. The van der Waals surface area contributed by atoms with Crippen molar-refractivity contribution >= 4 is 27.0 Å². The molecular weight excluding hydrogens is 299 g/mol. The van der Waals surface area contributed by atoms with E-state index in [0.717, 1.165) is 11.6 Å². The van der Waals surface area contributed by atoms with Gasteiger partial charge in [0, 0.05) is 12.2 Å². The standard InChI is InChI=1S/C13H15FN2O2S2/c1-9-6-11(15)7-12(13(9)14)20(17,18)16-4-2-10-3-5-19-8-10/h3,5-8,16H,2,4,15H2,1H3. The van der Waals surface area contributed by atoms with E-state index in [4.69, 9.17) is 5.73 Å². The van der Waals surface area contributed by atoms with Gasteiger partial charge < -0.3 is 5.73 Å². The topological polar surface area (TPSA) is 72.2 Å². The van der Waals surface area contributed by atoms with Gasteiger partial charge >= 0.3 is 0 Å². The molecule has 0 radical (unpaired) electrons. The molecule has 20 heavy (non-hydrogen) atoms. The van der Waals surface area contributed by atoms with E-state index in [0.29, 0.717) is 6.42 Å². The Morgan fingerprint density at radius 3 is 2.80 bits per heavy atom. The van der Waals surface area contributed by atoms with E-state index in [-0.39, 0.29) is 17.8 Å². The molecule has 2 aromatic rings. The number of halogens is 1. The maximum absolute atomic E-state index is 13.9. The molecule has 0 saturated carbocycles. The maximum atomic E-state index is 13.9. The van der Waals surface area contributed by atoms with Crippen LogP contribution in [0.5, 0.6) is 0 Å². The molecule has 0 aliphatic carbocycles. The Morgan fingerprint density at radius 2 is 2.15 bits per heavy atom. The highest BCUT2D eigenvalue weighted by atomic mass is 32.2. The number of rotatable bonds is 5. The summed E-state index contributed by atoms with van der Waals surface area (Å²) < 4.78 is 40.5. The fraction of sp³-hybridized carbons (Fsp3) is 0.231. The molecule has 1 aromatic carbocycles. The van der Waals surface area contributed by atoms with Crippen LogP contribution in [-0.2, 0) is 16.4 Å². The molecule has 0 aliphatic rings. The van der Waals surface area contributed by atoms with Crippen molar-refractivity contribution in [2.75, 3.05) is 12.3 Å². The molecular formula is C13H15FN2O2S2. The molecule has 1 aromatic heterocycles. The smallest absolute Gasteiger partial charge is 0.243 e. The zero-order valence-electron chi connectivity index (χ0n) is 10.9. The summed E-state index contributed by atoms with van der Waals surface area (Å²) in [5, 5.41) is 3.87. The van der Waals surface area contributed by atoms with Crippen molar-refractivity contribution in [3.8, 4) is 0 Å². The fourth-order valence-electron chi connectivity index (χ4n) is 1.80. The van der Waals surface area contributed by atoms with Gasteiger partial charge in [0.05, 0.1) is 0 Å². The summed E-state index contributed by atoms with van der Waals surface area (Å²) in [6.07, 6.45) is 0.561. The molecule has 0 fully saturated rings. The number of nitrogens with two attached hydrogens (primary N) is 1. The van der Waals surface area contributed by atoms with Crippen LogP contribution in [0.4, 0.5) is 10.1 Å². The van der Waals surface area contributed by atoms with Crippen molar-refractivity contribution < 1.29 is 12.8 Å². The molecule has 0 saturated heterocycles. The number of nitrogens with one attached hydrogen (secondary N) is 1. The Balaban J connectivity index is 2.14. The van der Waals surface area contributed by atoms with E-state index >= 15 is 0 Å². The normalized spacial score (nSPS) is 11.7. The SMILES string of the molecule is Cc1cc(N)cc(S(=O)(=O)NCCc2ccsc2)c1F. The van der Waals surface area contributed by atoms with E-state index in [2.05, 4.69) is 4.72 Å². The van der Waals surface area contributed by atoms with Crippen LogP contribution in [-0.4, -0.2) is 15.0 Å². The number of hydrogen-bond donors (Lipinski definition) is 2. The van der Waals surface area contributed by atoms with Crippen LogP contribution in [0.1, 0.15) is 11.1 Å². The second kappa shape index (κ2) is 5.90. The van der Waals surface area contributed by atoms with E-state index in [1.165, 1.54) is 13.0 Å². The predicted molar refractivity (Wildman–Crippen MR) is 78.8 cm³/mol. The van der Waals surface area contributed by atoms with Gasteiger partial charge in [-0.3, -0.25) is 0 Å². The van der Waals surface area contributed by atoms with Gasteiger partial charge in [-0.15, -0.1) is 0 Å². The van der Waals surface area contributed by atoms with Crippen LogP contribution in [0.3, 0.4) is 0 Å². The van der Waals surface area contributed by atoms with E-state index < -0.39 is 20.7 Å². The summed E-state index contributed by atoms with van der Waals surface area (Å²) in [5.74, 6) is -0.762. The van der Waals surface area contributed by atoms with Gasteiger partial charge in [-0.25, -0.2) is 17.5 Å². The van der Waals surface area contributed by atoms with Gasteiger partial charge in [0.2, 0.25) is 10.0 Å². The number of benzene rings is 1. The van der Waals surface area contributed by atoms with Crippen molar-refractivity contribution in [3.05, 3.63) is 45.9 Å². The highest BCUT2D eigenvalue weighted by Crippen LogP contribution is 2.21. The van der Waals surface area contributed by atoms with Crippen molar-refractivity contribution in [1.82, 2.24) is 4.72 Å².